The maximum atomic E-state index is 15.2. The third-order valence-corrected chi connectivity index (χ3v) is 8.33. The third kappa shape index (κ3) is 8.37. The maximum absolute atomic E-state index is 15.2. The molecule has 1 aliphatic carbocycles. The summed E-state index contributed by atoms with van der Waals surface area (Å²) in [6, 6.07) is -1.23. The molecule has 0 heterocycles. The van der Waals surface area contributed by atoms with Crippen molar-refractivity contribution in [2.24, 2.45) is 5.92 Å². The lowest BCUT2D eigenvalue weighted by molar-refractivity contribution is -0.0120. The van der Waals surface area contributed by atoms with E-state index >= 15 is 8.78 Å². The highest BCUT2D eigenvalue weighted by Crippen LogP contribution is 2.64. The molecule has 172 valence electrons. The Morgan fingerprint density at radius 1 is 1.17 bits per heavy atom. The minimum absolute atomic E-state index is 0.0117. The minimum atomic E-state index is -3.94. The van der Waals surface area contributed by atoms with Crippen molar-refractivity contribution in [2.75, 3.05) is 13.2 Å². The monoisotopic (exact) mass is 459 g/mol. The molecule has 0 aromatic carbocycles. The van der Waals surface area contributed by atoms with Gasteiger partial charge in [0.05, 0.1) is 25.4 Å². The van der Waals surface area contributed by atoms with Crippen LogP contribution in [0, 0.1) is 5.92 Å². The summed E-state index contributed by atoms with van der Waals surface area (Å²) in [6.07, 6.45) is 1.49. The van der Waals surface area contributed by atoms with E-state index in [-0.39, 0.29) is 19.1 Å². The molecule has 6 nitrogen and oxygen atoms in total. The lowest BCUT2D eigenvalue weighted by Crippen LogP contribution is -2.50. The van der Waals surface area contributed by atoms with Crippen LogP contribution in [0.4, 0.5) is 13.6 Å². The van der Waals surface area contributed by atoms with Gasteiger partial charge in [-0.3, -0.25) is 0 Å². The summed E-state index contributed by atoms with van der Waals surface area (Å²) in [7, 11) is 0. The second-order valence-corrected chi connectivity index (χ2v) is 12.0. The zero-order chi connectivity index (χ0) is 22.3. The van der Waals surface area contributed by atoms with Gasteiger partial charge in [0.1, 0.15) is 5.60 Å². The SMILES string of the molecule is CCOP(=S)(OCC)C(F)(F)C[C@@H](NC(=O)OC(C)(C)C)[C@@H](O)C1CCCCC1. The molecule has 1 saturated carbocycles. The molecule has 1 aliphatic rings. The molecule has 0 unspecified atom stereocenters. The van der Waals surface area contributed by atoms with Gasteiger partial charge >= 0.3 is 11.8 Å². The van der Waals surface area contributed by atoms with Crippen molar-refractivity contribution in [3.63, 3.8) is 0 Å². The summed E-state index contributed by atoms with van der Waals surface area (Å²) < 4.78 is 46.0. The van der Waals surface area contributed by atoms with Crippen LogP contribution in [0.5, 0.6) is 0 Å². The van der Waals surface area contributed by atoms with E-state index in [1.165, 1.54) is 0 Å². The number of alkyl carbamates (subject to hydrolysis) is 1. The molecule has 0 aliphatic heterocycles. The first kappa shape index (κ1) is 26.7. The Hall–Kier alpha value is -0.340. The Kier molecular flexibility index (Phi) is 10.4. The van der Waals surface area contributed by atoms with Crippen molar-refractivity contribution < 1.29 is 32.5 Å². The van der Waals surface area contributed by atoms with Gasteiger partial charge in [-0.05, 0) is 65.2 Å². The second kappa shape index (κ2) is 11.3. The van der Waals surface area contributed by atoms with E-state index in [0.29, 0.717) is 0 Å². The van der Waals surface area contributed by atoms with Crippen molar-refractivity contribution >= 4 is 24.4 Å². The molecule has 0 saturated heterocycles. The van der Waals surface area contributed by atoms with Gasteiger partial charge in [-0.2, -0.15) is 8.78 Å². The van der Waals surface area contributed by atoms with Crippen LogP contribution in [-0.2, 0) is 25.6 Å². The van der Waals surface area contributed by atoms with Gasteiger partial charge in [-0.15, -0.1) is 0 Å². The Morgan fingerprint density at radius 2 is 1.69 bits per heavy atom. The van der Waals surface area contributed by atoms with E-state index in [0.717, 1.165) is 32.1 Å². The fourth-order valence-corrected chi connectivity index (χ4v) is 5.87. The minimum Gasteiger partial charge on any atom is -0.444 e. The van der Waals surface area contributed by atoms with Crippen LogP contribution >= 0.6 is 6.49 Å². The number of carbonyl (C=O) groups is 1. The van der Waals surface area contributed by atoms with Crippen LogP contribution in [0.1, 0.15) is 73.1 Å². The molecule has 0 aromatic rings. The Bertz CT molecular complexity index is 557. The number of hydrogen-bond donors (Lipinski definition) is 2. The average molecular weight is 460 g/mol. The molecule has 1 rings (SSSR count). The number of rotatable bonds is 10. The van der Waals surface area contributed by atoms with Crippen LogP contribution in [-0.4, -0.2) is 47.8 Å². The lowest BCUT2D eigenvalue weighted by atomic mass is 9.82. The van der Waals surface area contributed by atoms with Gasteiger partial charge in [0.25, 0.3) is 6.49 Å². The number of alkyl halides is 2. The summed E-state index contributed by atoms with van der Waals surface area (Å²) in [4.78, 5) is 12.3. The lowest BCUT2D eigenvalue weighted by Gasteiger charge is -2.37. The van der Waals surface area contributed by atoms with Crippen LogP contribution in [0.25, 0.3) is 0 Å². The summed E-state index contributed by atoms with van der Waals surface area (Å²) in [5.41, 5.74) is -4.32. The number of ether oxygens (including phenoxy) is 1. The number of amides is 1. The van der Waals surface area contributed by atoms with Crippen LogP contribution in [0.15, 0.2) is 0 Å². The highest BCUT2D eigenvalue weighted by Gasteiger charge is 2.51. The highest BCUT2D eigenvalue weighted by molar-refractivity contribution is 8.10. The summed E-state index contributed by atoms with van der Waals surface area (Å²) >= 11 is 5.09. The van der Waals surface area contributed by atoms with E-state index in [1.807, 2.05) is 0 Å². The van der Waals surface area contributed by atoms with Crippen molar-refractivity contribution in [2.45, 2.75) is 96.6 Å². The number of halogens is 2. The molecule has 0 spiro atoms. The number of hydrogen-bond acceptors (Lipinski definition) is 6. The van der Waals surface area contributed by atoms with Gasteiger partial charge in [0, 0.05) is 6.42 Å². The molecule has 1 amide bonds. The fraction of sp³-hybridized carbons (Fsp3) is 0.947. The average Bonchev–Trinajstić information content (AvgIpc) is 2.59. The molecule has 10 heteroatoms. The zero-order valence-corrected chi connectivity index (χ0v) is 19.8. The summed E-state index contributed by atoms with van der Waals surface area (Å²) in [6.45, 7) is 4.21. The largest absolute Gasteiger partial charge is 0.444 e. The first-order chi connectivity index (χ1) is 13.3. The van der Waals surface area contributed by atoms with Gasteiger partial charge in [0.15, 0.2) is 0 Å². The zero-order valence-electron chi connectivity index (χ0n) is 18.1. The number of nitrogens with one attached hydrogen (secondary N) is 1. The Morgan fingerprint density at radius 3 is 2.14 bits per heavy atom. The van der Waals surface area contributed by atoms with Crippen molar-refractivity contribution in [3.05, 3.63) is 0 Å². The van der Waals surface area contributed by atoms with E-state index in [4.69, 9.17) is 25.6 Å². The Balaban J connectivity index is 3.07. The molecule has 0 bridgehead atoms. The smallest absolute Gasteiger partial charge is 0.407 e. The van der Waals surface area contributed by atoms with Crippen molar-refractivity contribution in [1.82, 2.24) is 5.32 Å². The van der Waals surface area contributed by atoms with Crippen LogP contribution < -0.4 is 5.32 Å². The van der Waals surface area contributed by atoms with Gasteiger partial charge < -0.3 is 24.2 Å². The third-order valence-electron chi connectivity index (χ3n) is 4.71. The van der Waals surface area contributed by atoms with Crippen molar-refractivity contribution in [1.29, 1.82) is 0 Å². The van der Waals surface area contributed by atoms with Crippen LogP contribution in [0.2, 0.25) is 0 Å². The molecule has 1 fully saturated rings. The number of aliphatic hydroxyl groups excluding tert-OH is 1. The number of carbonyl (C=O) groups excluding carboxylic acids is 1. The van der Waals surface area contributed by atoms with E-state index in [2.05, 4.69) is 5.32 Å². The van der Waals surface area contributed by atoms with Gasteiger partial charge in [-0.1, -0.05) is 19.3 Å². The van der Waals surface area contributed by atoms with E-state index < -0.39 is 42.4 Å². The molecule has 0 aromatic heterocycles. The number of aliphatic hydroxyl groups is 1. The highest BCUT2D eigenvalue weighted by atomic mass is 32.5. The van der Waals surface area contributed by atoms with Crippen LogP contribution in [0.3, 0.4) is 0 Å². The first-order valence-corrected chi connectivity index (χ1v) is 12.9. The molecule has 29 heavy (non-hydrogen) atoms. The molecular weight excluding hydrogens is 423 g/mol. The quantitative estimate of drug-likeness (QED) is 0.438. The predicted molar refractivity (Wildman–Crippen MR) is 113 cm³/mol. The van der Waals surface area contributed by atoms with Gasteiger partial charge in [-0.25, -0.2) is 4.79 Å². The Labute approximate surface area is 178 Å². The maximum Gasteiger partial charge on any atom is 0.407 e. The topological polar surface area (TPSA) is 77.0 Å². The second-order valence-electron chi connectivity index (χ2n) is 8.34. The molecular formula is C19H36F2NO5PS. The van der Waals surface area contributed by atoms with Gasteiger partial charge in [0.2, 0.25) is 0 Å². The molecule has 0 radical (unpaired) electrons. The normalized spacial score (nSPS) is 18.9. The standard InChI is InChI=1S/C19H36F2NO5PS/c1-6-25-28(29,26-7-2)19(20,21)13-15(22-17(24)27-18(3,4)5)16(23)14-11-9-8-10-12-14/h14-16,23H,6-13H2,1-5H3,(H,22,24)/t15-,16+/m1/s1. The van der Waals surface area contributed by atoms with Crippen molar-refractivity contribution in [3.8, 4) is 0 Å². The molecule has 2 N–H and O–H groups in total. The molecule has 2 atom stereocenters. The first-order valence-electron chi connectivity index (χ1n) is 10.3. The fourth-order valence-electron chi connectivity index (χ4n) is 3.46. The predicted octanol–water partition coefficient (Wildman–Crippen LogP) is 5.19. The van der Waals surface area contributed by atoms with E-state index in [9.17, 15) is 9.90 Å². The van der Waals surface area contributed by atoms with E-state index in [1.54, 1.807) is 34.6 Å². The summed E-state index contributed by atoms with van der Waals surface area (Å²) in [5.74, 6) is -0.170. The summed E-state index contributed by atoms with van der Waals surface area (Å²) in [5, 5.41) is 13.3.